The molecule has 21 heavy (non-hydrogen) atoms. The van der Waals surface area contributed by atoms with E-state index in [1.54, 1.807) is 18.2 Å². The highest BCUT2D eigenvalue weighted by molar-refractivity contribution is 9.10. The molecule has 0 saturated carbocycles. The molecule has 1 N–H and O–H groups in total. The molecule has 0 amide bonds. The first-order valence-electron chi connectivity index (χ1n) is 5.82. The lowest BCUT2D eigenvalue weighted by atomic mass is 10.1. The Kier molecular flexibility index (Phi) is 5.07. The highest BCUT2D eigenvalue weighted by Gasteiger charge is 2.33. The van der Waals surface area contributed by atoms with Crippen molar-refractivity contribution in [2.24, 2.45) is 0 Å². The Hall–Kier alpha value is -0.910. The van der Waals surface area contributed by atoms with Crippen molar-refractivity contribution in [1.82, 2.24) is 0 Å². The molecule has 1 nitrogen and oxygen atoms in total. The maximum Gasteiger partial charge on any atom is 0.418 e. The first kappa shape index (κ1) is 16.5. The van der Waals surface area contributed by atoms with Crippen molar-refractivity contribution < 1.29 is 13.2 Å². The smallest absolute Gasteiger partial charge is 0.380 e. The predicted octanol–water partition coefficient (Wildman–Crippen LogP) is 6.39. The molecule has 0 saturated heterocycles. The molecule has 0 aliphatic rings. The van der Waals surface area contributed by atoms with Crippen LogP contribution >= 0.6 is 39.1 Å². The van der Waals surface area contributed by atoms with Gasteiger partial charge >= 0.3 is 6.18 Å². The molecule has 2 aromatic carbocycles. The Labute approximate surface area is 138 Å². The Bertz CT molecular complexity index is 659. The first-order chi connectivity index (χ1) is 9.77. The monoisotopic (exact) mass is 397 g/mol. The summed E-state index contributed by atoms with van der Waals surface area (Å²) < 4.78 is 39.7. The lowest BCUT2D eigenvalue weighted by Gasteiger charge is -2.15. The molecule has 7 heteroatoms. The van der Waals surface area contributed by atoms with Gasteiger partial charge in [-0.3, -0.25) is 0 Å². The van der Waals surface area contributed by atoms with E-state index in [1.165, 1.54) is 12.1 Å². The van der Waals surface area contributed by atoms with Crippen molar-refractivity contribution in [2.75, 3.05) is 5.32 Å². The van der Waals surface area contributed by atoms with Gasteiger partial charge < -0.3 is 5.32 Å². The quantitative estimate of drug-likeness (QED) is 0.631. The summed E-state index contributed by atoms with van der Waals surface area (Å²) in [7, 11) is 0. The average molecular weight is 399 g/mol. The van der Waals surface area contributed by atoms with Gasteiger partial charge in [0.25, 0.3) is 0 Å². The molecule has 0 aliphatic carbocycles. The molecule has 112 valence electrons. The summed E-state index contributed by atoms with van der Waals surface area (Å²) in [5.41, 5.74) is -0.142. The molecule has 0 unspecified atom stereocenters. The van der Waals surface area contributed by atoms with E-state index in [-0.39, 0.29) is 17.3 Å². The Morgan fingerprint density at radius 1 is 1.05 bits per heavy atom. The van der Waals surface area contributed by atoms with Crippen LogP contribution in [0.2, 0.25) is 10.0 Å². The third kappa shape index (κ3) is 4.28. The number of halogens is 6. The minimum Gasteiger partial charge on any atom is -0.380 e. The van der Waals surface area contributed by atoms with E-state index in [1.807, 2.05) is 0 Å². The number of hydrogen-bond donors (Lipinski definition) is 1. The second-order valence-electron chi connectivity index (χ2n) is 4.28. The van der Waals surface area contributed by atoms with Crippen LogP contribution in [0.1, 0.15) is 11.1 Å². The SMILES string of the molecule is FC(F)(F)c1cc(Cl)ccc1NCc1ccc(Br)cc1Cl. The third-order valence-corrected chi connectivity index (χ3v) is 3.85. The van der Waals surface area contributed by atoms with Gasteiger partial charge in [0, 0.05) is 26.8 Å². The minimum absolute atomic E-state index is 0.0362. The van der Waals surface area contributed by atoms with Crippen molar-refractivity contribution >= 4 is 44.8 Å². The average Bonchev–Trinajstić information content (AvgIpc) is 2.38. The van der Waals surface area contributed by atoms with E-state index in [2.05, 4.69) is 21.2 Å². The lowest BCUT2D eigenvalue weighted by molar-refractivity contribution is -0.136. The zero-order chi connectivity index (χ0) is 15.6. The first-order valence-corrected chi connectivity index (χ1v) is 7.37. The fraction of sp³-hybridized carbons (Fsp3) is 0.143. The van der Waals surface area contributed by atoms with Crippen LogP contribution in [-0.4, -0.2) is 0 Å². The van der Waals surface area contributed by atoms with Crippen molar-refractivity contribution in [3.63, 3.8) is 0 Å². The van der Waals surface area contributed by atoms with Gasteiger partial charge in [0.15, 0.2) is 0 Å². The number of anilines is 1. The topological polar surface area (TPSA) is 12.0 Å². The maximum absolute atomic E-state index is 13.0. The molecule has 0 spiro atoms. The van der Waals surface area contributed by atoms with E-state index in [9.17, 15) is 13.2 Å². The second kappa shape index (κ2) is 6.46. The minimum atomic E-state index is -4.48. The molecule has 0 bridgehead atoms. The van der Waals surface area contributed by atoms with E-state index in [4.69, 9.17) is 23.2 Å². The van der Waals surface area contributed by atoms with Gasteiger partial charge in [0.1, 0.15) is 0 Å². The molecule has 0 aliphatic heterocycles. The van der Waals surface area contributed by atoms with Gasteiger partial charge in [-0.05, 0) is 35.9 Å². The van der Waals surface area contributed by atoms with Gasteiger partial charge in [0.05, 0.1) is 5.56 Å². The number of rotatable bonds is 3. The van der Waals surface area contributed by atoms with Crippen molar-refractivity contribution in [3.8, 4) is 0 Å². The summed E-state index contributed by atoms with van der Waals surface area (Å²) in [5, 5.41) is 3.25. The van der Waals surface area contributed by atoms with Crippen LogP contribution in [0.3, 0.4) is 0 Å². The van der Waals surface area contributed by atoms with Crippen LogP contribution in [-0.2, 0) is 12.7 Å². The largest absolute Gasteiger partial charge is 0.418 e. The van der Waals surface area contributed by atoms with Crippen LogP contribution in [0.4, 0.5) is 18.9 Å². The van der Waals surface area contributed by atoms with Crippen LogP contribution in [0.5, 0.6) is 0 Å². The van der Waals surface area contributed by atoms with Gasteiger partial charge in [0.2, 0.25) is 0 Å². The highest BCUT2D eigenvalue weighted by atomic mass is 79.9. The Morgan fingerprint density at radius 3 is 2.38 bits per heavy atom. The van der Waals surface area contributed by atoms with Gasteiger partial charge in [-0.15, -0.1) is 0 Å². The molecule has 0 aromatic heterocycles. The van der Waals surface area contributed by atoms with E-state index in [0.29, 0.717) is 10.6 Å². The highest BCUT2D eigenvalue weighted by Crippen LogP contribution is 2.36. The molecular formula is C14H9BrCl2F3N. The normalized spacial score (nSPS) is 11.5. The second-order valence-corrected chi connectivity index (χ2v) is 6.04. The zero-order valence-electron chi connectivity index (χ0n) is 10.4. The van der Waals surface area contributed by atoms with Gasteiger partial charge in [-0.1, -0.05) is 45.2 Å². The van der Waals surface area contributed by atoms with Crippen LogP contribution in [0.25, 0.3) is 0 Å². The van der Waals surface area contributed by atoms with E-state index < -0.39 is 11.7 Å². The lowest BCUT2D eigenvalue weighted by Crippen LogP contribution is -2.11. The summed E-state index contributed by atoms with van der Waals surface area (Å²) >= 11 is 14.9. The Balaban J connectivity index is 2.24. The Morgan fingerprint density at radius 2 is 1.76 bits per heavy atom. The van der Waals surface area contributed by atoms with Crippen molar-refractivity contribution in [2.45, 2.75) is 12.7 Å². The van der Waals surface area contributed by atoms with E-state index in [0.717, 1.165) is 10.5 Å². The number of hydrogen-bond acceptors (Lipinski definition) is 1. The number of benzene rings is 2. The molecular weight excluding hydrogens is 390 g/mol. The summed E-state index contributed by atoms with van der Waals surface area (Å²) in [6.45, 7) is 0.177. The van der Waals surface area contributed by atoms with Crippen LogP contribution < -0.4 is 5.32 Å². The fourth-order valence-corrected chi connectivity index (χ4v) is 2.67. The van der Waals surface area contributed by atoms with E-state index >= 15 is 0 Å². The summed E-state index contributed by atoms with van der Waals surface area (Å²) in [6.07, 6.45) is -4.48. The summed E-state index contributed by atoms with van der Waals surface area (Å²) in [5.74, 6) is 0. The summed E-state index contributed by atoms with van der Waals surface area (Å²) in [4.78, 5) is 0. The van der Waals surface area contributed by atoms with Crippen LogP contribution in [0.15, 0.2) is 40.9 Å². The van der Waals surface area contributed by atoms with Crippen LogP contribution in [0, 0.1) is 0 Å². The zero-order valence-corrected chi connectivity index (χ0v) is 13.5. The molecule has 0 radical (unpaired) electrons. The predicted molar refractivity (Wildman–Crippen MR) is 82.9 cm³/mol. The van der Waals surface area contributed by atoms with Gasteiger partial charge in [-0.25, -0.2) is 0 Å². The maximum atomic E-state index is 13.0. The standard InChI is InChI=1S/C14H9BrCl2F3N/c15-9-2-1-8(12(17)5-9)7-21-13-4-3-10(16)6-11(13)14(18,19)20/h1-6,21H,7H2. The van der Waals surface area contributed by atoms with Crippen molar-refractivity contribution in [1.29, 1.82) is 0 Å². The van der Waals surface area contributed by atoms with Crippen molar-refractivity contribution in [3.05, 3.63) is 62.0 Å². The third-order valence-electron chi connectivity index (χ3n) is 2.77. The number of nitrogens with one attached hydrogen (secondary N) is 1. The fourth-order valence-electron chi connectivity index (χ4n) is 1.76. The molecule has 0 fully saturated rings. The molecule has 0 atom stereocenters. The summed E-state index contributed by atoms with van der Waals surface area (Å²) in [6, 6.07) is 8.80. The molecule has 2 aromatic rings. The molecule has 2 rings (SSSR count). The molecule has 0 heterocycles. The number of alkyl halides is 3. The van der Waals surface area contributed by atoms with Gasteiger partial charge in [-0.2, -0.15) is 13.2 Å².